The van der Waals surface area contributed by atoms with Crippen molar-refractivity contribution in [1.82, 2.24) is 20.9 Å². The number of piperidine rings is 1. The molecule has 1 aliphatic heterocycles. The Kier molecular flexibility index (Phi) is 8.76. The number of aliphatic imine (C=N–C) groups is 1. The molecule has 1 amide bonds. The quantitative estimate of drug-likeness (QED) is 0.418. The van der Waals surface area contributed by atoms with Gasteiger partial charge in [-0.2, -0.15) is 0 Å². The van der Waals surface area contributed by atoms with Crippen LogP contribution in [0, 0.1) is 0 Å². The molecule has 1 saturated heterocycles. The Balaban J connectivity index is 1.43. The van der Waals surface area contributed by atoms with Gasteiger partial charge in [-0.1, -0.05) is 45.0 Å². The summed E-state index contributed by atoms with van der Waals surface area (Å²) in [4.78, 5) is 18.9. The monoisotopic (exact) mass is 427 g/mol. The minimum absolute atomic E-state index is 0.143. The third-order valence-corrected chi connectivity index (χ3v) is 6.33. The summed E-state index contributed by atoms with van der Waals surface area (Å²) in [5.74, 6) is 2.23. The highest BCUT2D eigenvalue weighted by atomic mass is 16.2. The van der Waals surface area contributed by atoms with Gasteiger partial charge in [0.2, 0.25) is 5.91 Å². The van der Waals surface area contributed by atoms with E-state index in [4.69, 9.17) is 0 Å². The van der Waals surface area contributed by atoms with Crippen molar-refractivity contribution in [3.05, 3.63) is 35.4 Å². The highest BCUT2D eigenvalue weighted by Gasteiger charge is 2.39. The van der Waals surface area contributed by atoms with Crippen LogP contribution in [0.15, 0.2) is 29.3 Å². The van der Waals surface area contributed by atoms with Crippen LogP contribution in [0.2, 0.25) is 0 Å². The molecule has 1 aliphatic carbocycles. The first kappa shape index (κ1) is 23.6. The van der Waals surface area contributed by atoms with Crippen molar-refractivity contribution in [2.24, 2.45) is 4.99 Å². The summed E-state index contributed by atoms with van der Waals surface area (Å²) in [7, 11) is 0. The summed E-state index contributed by atoms with van der Waals surface area (Å²) in [5.41, 5.74) is 2.82. The molecule has 3 rings (SSSR count). The zero-order valence-corrected chi connectivity index (χ0v) is 19.8. The number of nitrogens with zero attached hydrogens (tertiary/aromatic N) is 2. The van der Waals surface area contributed by atoms with Gasteiger partial charge in [0.1, 0.15) is 0 Å². The van der Waals surface area contributed by atoms with Crippen molar-refractivity contribution in [2.45, 2.75) is 77.3 Å². The number of carbonyl (C=O) groups is 1. The molecule has 172 valence electrons. The number of guanidine groups is 1. The molecule has 2 fully saturated rings. The summed E-state index contributed by atoms with van der Waals surface area (Å²) in [6.07, 6.45) is 4.22. The first-order chi connectivity index (χ1) is 15.0. The number of hydrogen-bond acceptors (Lipinski definition) is 3. The topological polar surface area (TPSA) is 68.8 Å². The normalized spacial score (nSPS) is 22.4. The van der Waals surface area contributed by atoms with E-state index in [9.17, 15) is 4.79 Å². The van der Waals surface area contributed by atoms with E-state index < -0.39 is 0 Å². The van der Waals surface area contributed by atoms with Crippen LogP contribution in [0.25, 0.3) is 0 Å². The van der Waals surface area contributed by atoms with Crippen molar-refractivity contribution in [3.63, 3.8) is 0 Å². The van der Waals surface area contributed by atoms with Crippen LogP contribution in [0.1, 0.15) is 76.3 Å². The maximum atomic E-state index is 11.9. The summed E-state index contributed by atoms with van der Waals surface area (Å²) in [5, 5.41) is 10.3. The lowest BCUT2D eigenvalue weighted by atomic mass is 10.0. The molecular weight excluding hydrogens is 386 g/mol. The molecule has 6 nitrogen and oxygen atoms in total. The van der Waals surface area contributed by atoms with E-state index in [0.717, 1.165) is 57.8 Å². The molecule has 0 aromatic heterocycles. The van der Waals surface area contributed by atoms with Gasteiger partial charge >= 0.3 is 0 Å². The van der Waals surface area contributed by atoms with Crippen LogP contribution in [-0.4, -0.2) is 61.6 Å². The zero-order chi connectivity index (χ0) is 22.2. The van der Waals surface area contributed by atoms with E-state index >= 15 is 0 Å². The van der Waals surface area contributed by atoms with Gasteiger partial charge in [0.25, 0.3) is 0 Å². The second-order valence-electron chi connectivity index (χ2n) is 9.28. The zero-order valence-electron chi connectivity index (χ0n) is 19.8. The van der Waals surface area contributed by atoms with Crippen LogP contribution in [0.3, 0.4) is 0 Å². The maximum absolute atomic E-state index is 11.9. The second-order valence-corrected chi connectivity index (χ2v) is 9.28. The highest BCUT2D eigenvalue weighted by molar-refractivity contribution is 5.81. The molecule has 0 radical (unpaired) electrons. The Labute approximate surface area is 188 Å². The molecule has 2 unspecified atom stereocenters. The Morgan fingerprint density at radius 1 is 1.13 bits per heavy atom. The van der Waals surface area contributed by atoms with Crippen LogP contribution in [-0.2, 0) is 4.79 Å². The average molecular weight is 428 g/mol. The van der Waals surface area contributed by atoms with Crippen LogP contribution >= 0.6 is 0 Å². The van der Waals surface area contributed by atoms with Gasteiger partial charge in [-0.25, -0.2) is 0 Å². The predicted octanol–water partition coefficient (Wildman–Crippen LogP) is 3.21. The number of amides is 1. The lowest BCUT2D eigenvalue weighted by molar-refractivity contribution is -0.122. The predicted molar refractivity (Wildman–Crippen MR) is 129 cm³/mol. The third-order valence-electron chi connectivity index (χ3n) is 6.33. The molecule has 1 saturated carbocycles. The average Bonchev–Trinajstić information content (AvgIpc) is 3.53. The van der Waals surface area contributed by atoms with Crippen LogP contribution in [0.5, 0.6) is 0 Å². The highest BCUT2D eigenvalue weighted by Crippen LogP contribution is 2.41. The van der Waals surface area contributed by atoms with Gasteiger partial charge in [-0.3, -0.25) is 14.7 Å². The van der Waals surface area contributed by atoms with Crippen molar-refractivity contribution in [2.75, 3.05) is 32.7 Å². The molecule has 1 aromatic carbocycles. The Bertz CT molecular complexity index is 722. The van der Waals surface area contributed by atoms with Crippen LogP contribution in [0.4, 0.5) is 0 Å². The first-order valence-electron chi connectivity index (χ1n) is 12.2. The van der Waals surface area contributed by atoms with Crippen molar-refractivity contribution >= 4 is 11.9 Å². The molecule has 6 heteroatoms. The standard InChI is InChI=1S/C25H41N5O/c1-5-13-27-24(31)17-30-14-11-21(12-15-30)28-25(26-6-2)29-23-16-22(23)20-9-7-19(8-10-20)18(3)4/h7-10,18,21-23H,5-6,11-17H2,1-4H3,(H,27,31)(H2,26,28,29). The Hall–Kier alpha value is -2.08. The number of nitrogens with one attached hydrogen (secondary N) is 3. The molecule has 0 spiro atoms. The van der Waals surface area contributed by atoms with Gasteiger partial charge in [0.15, 0.2) is 5.96 Å². The summed E-state index contributed by atoms with van der Waals surface area (Å²) in [6, 6.07) is 9.99. The molecule has 0 bridgehead atoms. The number of benzene rings is 1. The summed E-state index contributed by atoms with van der Waals surface area (Å²) < 4.78 is 0. The molecule has 3 N–H and O–H groups in total. The molecule has 1 aromatic rings. The van der Waals surface area contributed by atoms with Gasteiger partial charge < -0.3 is 16.0 Å². The van der Waals surface area contributed by atoms with E-state index in [2.05, 4.69) is 77.8 Å². The summed E-state index contributed by atoms with van der Waals surface area (Å²) in [6.45, 7) is 12.6. The first-order valence-corrected chi connectivity index (χ1v) is 12.2. The van der Waals surface area contributed by atoms with Gasteiger partial charge in [0, 0.05) is 44.2 Å². The molecule has 31 heavy (non-hydrogen) atoms. The van der Waals surface area contributed by atoms with Crippen molar-refractivity contribution in [3.8, 4) is 0 Å². The lowest BCUT2D eigenvalue weighted by Crippen LogP contribution is -2.50. The maximum Gasteiger partial charge on any atom is 0.234 e. The van der Waals surface area contributed by atoms with E-state index in [1.807, 2.05) is 0 Å². The summed E-state index contributed by atoms with van der Waals surface area (Å²) >= 11 is 0. The molecular formula is C25H41N5O. The van der Waals surface area contributed by atoms with E-state index in [1.165, 1.54) is 11.1 Å². The van der Waals surface area contributed by atoms with Gasteiger partial charge in [-0.15, -0.1) is 0 Å². The van der Waals surface area contributed by atoms with Gasteiger partial charge in [0.05, 0.1) is 6.54 Å². The molecule has 2 aliphatic rings. The van der Waals surface area contributed by atoms with E-state index in [-0.39, 0.29) is 5.91 Å². The third kappa shape index (κ3) is 7.23. The van der Waals surface area contributed by atoms with E-state index in [1.54, 1.807) is 0 Å². The number of carbonyl (C=O) groups excluding carboxylic acids is 1. The molecule has 2 atom stereocenters. The van der Waals surface area contributed by atoms with Crippen molar-refractivity contribution in [1.29, 1.82) is 0 Å². The SMILES string of the molecule is CCCNC(=O)CN1CCC(NC(=NCC)NC2CC2c2ccc(C(C)C)cc2)CC1. The Morgan fingerprint density at radius 3 is 2.45 bits per heavy atom. The Morgan fingerprint density at radius 2 is 1.84 bits per heavy atom. The lowest BCUT2D eigenvalue weighted by Gasteiger charge is -2.32. The number of likely N-dealkylation sites (tertiary alicyclic amines) is 1. The smallest absolute Gasteiger partial charge is 0.234 e. The fourth-order valence-electron chi connectivity index (χ4n) is 4.27. The van der Waals surface area contributed by atoms with Gasteiger partial charge in [-0.05, 0) is 49.7 Å². The van der Waals surface area contributed by atoms with E-state index in [0.29, 0.717) is 30.5 Å². The largest absolute Gasteiger partial charge is 0.355 e. The minimum Gasteiger partial charge on any atom is -0.355 e. The second kappa shape index (κ2) is 11.5. The molecule has 1 heterocycles. The number of rotatable bonds is 9. The number of hydrogen-bond donors (Lipinski definition) is 3. The fraction of sp³-hybridized carbons (Fsp3) is 0.680. The van der Waals surface area contributed by atoms with Crippen LogP contribution < -0.4 is 16.0 Å². The minimum atomic E-state index is 0.143. The fourth-order valence-corrected chi connectivity index (χ4v) is 4.27. The van der Waals surface area contributed by atoms with Crippen molar-refractivity contribution < 1.29 is 4.79 Å².